The molecule has 2 N–H and O–H groups in total. The molecule has 21 heavy (non-hydrogen) atoms. The molecule has 0 unspecified atom stereocenters. The summed E-state index contributed by atoms with van der Waals surface area (Å²) in [6, 6.07) is 8.96. The molecule has 0 aliphatic carbocycles. The van der Waals surface area contributed by atoms with Crippen LogP contribution in [0.15, 0.2) is 30.3 Å². The molecule has 1 aromatic carbocycles. The van der Waals surface area contributed by atoms with Crippen LogP contribution in [0, 0.1) is 5.92 Å². The van der Waals surface area contributed by atoms with E-state index in [2.05, 4.69) is 0 Å². The standard InChI is InChI=1S/C15H19N3O2S/c1-10(2)13-14(20)18(11-6-4-3-5-7-11)15(21)17(13)9-8-12(16)19/h3-7,10,13H,8-9H2,1-2H3,(H2,16,19)/t13-/m0/s1. The van der Waals surface area contributed by atoms with Gasteiger partial charge in [-0.05, 0) is 30.3 Å². The minimum Gasteiger partial charge on any atom is -0.370 e. The third-order valence-corrected chi connectivity index (χ3v) is 3.91. The number of nitrogens with two attached hydrogens (primary N) is 1. The smallest absolute Gasteiger partial charge is 0.256 e. The number of hydrogen-bond donors (Lipinski definition) is 1. The topological polar surface area (TPSA) is 66.6 Å². The molecule has 1 heterocycles. The maximum atomic E-state index is 12.7. The highest BCUT2D eigenvalue weighted by Gasteiger charge is 2.44. The summed E-state index contributed by atoms with van der Waals surface area (Å²) >= 11 is 5.45. The van der Waals surface area contributed by atoms with Crippen molar-refractivity contribution in [1.82, 2.24) is 4.90 Å². The third-order valence-electron chi connectivity index (χ3n) is 3.49. The maximum absolute atomic E-state index is 12.7. The van der Waals surface area contributed by atoms with Gasteiger partial charge in [0.2, 0.25) is 5.91 Å². The van der Waals surface area contributed by atoms with Crippen molar-refractivity contribution < 1.29 is 9.59 Å². The first-order chi connectivity index (χ1) is 9.93. The Kier molecular flexibility index (Phi) is 4.57. The van der Waals surface area contributed by atoms with Crippen LogP contribution in [-0.4, -0.2) is 34.4 Å². The van der Waals surface area contributed by atoms with Crippen LogP contribution in [0.25, 0.3) is 0 Å². The molecule has 0 aromatic heterocycles. The van der Waals surface area contributed by atoms with Crippen molar-refractivity contribution in [3.8, 4) is 0 Å². The zero-order valence-electron chi connectivity index (χ0n) is 12.2. The van der Waals surface area contributed by atoms with Crippen LogP contribution in [0.1, 0.15) is 20.3 Å². The summed E-state index contributed by atoms with van der Waals surface area (Å²) in [7, 11) is 0. The number of carbonyl (C=O) groups excluding carboxylic acids is 2. The van der Waals surface area contributed by atoms with Crippen LogP contribution in [-0.2, 0) is 9.59 Å². The Hall–Kier alpha value is -1.95. The molecule has 0 spiro atoms. The highest BCUT2D eigenvalue weighted by atomic mass is 32.1. The average Bonchev–Trinajstić information content (AvgIpc) is 2.68. The fourth-order valence-corrected chi connectivity index (χ4v) is 2.93. The summed E-state index contributed by atoms with van der Waals surface area (Å²) in [5, 5.41) is 0.436. The first kappa shape index (κ1) is 15.4. The Morgan fingerprint density at radius 1 is 1.33 bits per heavy atom. The van der Waals surface area contributed by atoms with Crippen molar-refractivity contribution in [2.45, 2.75) is 26.3 Å². The van der Waals surface area contributed by atoms with E-state index in [1.165, 1.54) is 0 Å². The maximum Gasteiger partial charge on any atom is 0.256 e. The SMILES string of the molecule is CC(C)[C@H]1C(=O)N(c2ccccc2)C(=S)N1CCC(N)=O. The number of para-hydroxylation sites is 1. The minimum atomic E-state index is -0.397. The number of rotatable bonds is 5. The van der Waals surface area contributed by atoms with Crippen molar-refractivity contribution in [2.75, 3.05) is 11.4 Å². The Morgan fingerprint density at radius 3 is 2.48 bits per heavy atom. The fourth-order valence-electron chi connectivity index (χ4n) is 2.53. The molecule has 6 heteroatoms. The van der Waals surface area contributed by atoms with E-state index >= 15 is 0 Å². The average molecular weight is 305 g/mol. The lowest BCUT2D eigenvalue weighted by atomic mass is 10.0. The normalized spacial score (nSPS) is 18.7. The molecule has 5 nitrogen and oxygen atoms in total. The molecule has 0 radical (unpaired) electrons. The van der Waals surface area contributed by atoms with Crippen molar-refractivity contribution in [1.29, 1.82) is 0 Å². The van der Waals surface area contributed by atoms with Crippen molar-refractivity contribution >= 4 is 34.8 Å². The highest BCUT2D eigenvalue weighted by Crippen LogP contribution is 2.28. The van der Waals surface area contributed by atoms with Crippen LogP contribution in [0.3, 0.4) is 0 Å². The summed E-state index contributed by atoms with van der Waals surface area (Å²) < 4.78 is 0. The third kappa shape index (κ3) is 3.05. The molecule has 0 bridgehead atoms. The van der Waals surface area contributed by atoms with E-state index in [4.69, 9.17) is 18.0 Å². The molecule has 112 valence electrons. The van der Waals surface area contributed by atoms with Gasteiger partial charge < -0.3 is 10.6 Å². The number of benzene rings is 1. The lowest BCUT2D eigenvalue weighted by Gasteiger charge is -2.25. The molecular weight excluding hydrogens is 286 g/mol. The Balaban J connectivity index is 2.31. The number of thiocarbonyl (C=S) groups is 1. The molecular formula is C15H19N3O2S. The van der Waals surface area contributed by atoms with Gasteiger partial charge in [-0.1, -0.05) is 32.0 Å². The Morgan fingerprint density at radius 2 is 1.95 bits per heavy atom. The lowest BCUT2D eigenvalue weighted by Crippen LogP contribution is -2.40. The van der Waals surface area contributed by atoms with Crippen LogP contribution in [0.2, 0.25) is 0 Å². The van der Waals surface area contributed by atoms with Gasteiger partial charge in [-0.15, -0.1) is 0 Å². The van der Waals surface area contributed by atoms with Crippen molar-refractivity contribution in [3.63, 3.8) is 0 Å². The van der Waals surface area contributed by atoms with Gasteiger partial charge in [0.15, 0.2) is 5.11 Å². The number of amides is 2. The number of nitrogens with zero attached hydrogens (tertiary/aromatic N) is 2. The molecule has 1 aromatic rings. The minimum absolute atomic E-state index is 0.0503. The molecule has 2 amide bonds. The summed E-state index contributed by atoms with van der Waals surface area (Å²) in [5.41, 5.74) is 5.96. The zero-order chi connectivity index (χ0) is 15.6. The van der Waals surface area contributed by atoms with E-state index in [1.54, 1.807) is 9.80 Å². The van der Waals surface area contributed by atoms with E-state index in [-0.39, 0.29) is 24.3 Å². The number of primary amides is 1. The van der Waals surface area contributed by atoms with Crippen molar-refractivity contribution in [2.24, 2.45) is 11.7 Å². The second-order valence-electron chi connectivity index (χ2n) is 5.39. The first-order valence-electron chi connectivity index (χ1n) is 6.91. The van der Waals surface area contributed by atoms with E-state index in [1.807, 2.05) is 44.2 Å². The second-order valence-corrected chi connectivity index (χ2v) is 5.76. The Bertz CT molecular complexity index is 559. The molecule has 0 saturated carbocycles. The van der Waals surface area contributed by atoms with Gasteiger partial charge in [-0.25, -0.2) is 0 Å². The van der Waals surface area contributed by atoms with Gasteiger partial charge in [-0.2, -0.15) is 0 Å². The lowest BCUT2D eigenvalue weighted by molar-refractivity contribution is -0.122. The summed E-state index contributed by atoms with van der Waals surface area (Å²) in [5.74, 6) is -0.353. The molecule has 1 atom stereocenters. The van der Waals surface area contributed by atoms with Gasteiger partial charge in [0.25, 0.3) is 5.91 Å². The van der Waals surface area contributed by atoms with Crippen LogP contribution >= 0.6 is 12.2 Å². The fraction of sp³-hybridized carbons (Fsp3) is 0.400. The largest absolute Gasteiger partial charge is 0.370 e. The molecule has 1 aliphatic rings. The molecule has 1 fully saturated rings. The monoisotopic (exact) mass is 305 g/mol. The Labute approximate surface area is 129 Å². The van der Waals surface area contributed by atoms with Gasteiger partial charge in [0.05, 0.1) is 5.69 Å². The number of hydrogen-bond acceptors (Lipinski definition) is 3. The zero-order valence-corrected chi connectivity index (χ0v) is 13.0. The van der Waals surface area contributed by atoms with Crippen LogP contribution in [0.5, 0.6) is 0 Å². The van der Waals surface area contributed by atoms with Gasteiger partial charge in [-0.3, -0.25) is 14.5 Å². The van der Waals surface area contributed by atoms with Crippen molar-refractivity contribution in [3.05, 3.63) is 30.3 Å². The van der Waals surface area contributed by atoms with Crippen LogP contribution < -0.4 is 10.6 Å². The van der Waals surface area contributed by atoms with E-state index < -0.39 is 5.91 Å². The van der Waals surface area contributed by atoms with E-state index in [0.717, 1.165) is 5.69 Å². The summed E-state index contributed by atoms with van der Waals surface area (Å²) in [6.45, 7) is 4.31. The van der Waals surface area contributed by atoms with Gasteiger partial charge in [0, 0.05) is 13.0 Å². The van der Waals surface area contributed by atoms with E-state index in [9.17, 15) is 9.59 Å². The molecule has 1 saturated heterocycles. The quantitative estimate of drug-likeness (QED) is 0.838. The number of anilines is 1. The van der Waals surface area contributed by atoms with Gasteiger partial charge >= 0.3 is 0 Å². The van der Waals surface area contributed by atoms with Crippen LogP contribution in [0.4, 0.5) is 5.69 Å². The molecule has 2 rings (SSSR count). The highest BCUT2D eigenvalue weighted by molar-refractivity contribution is 7.80. The second kappa shape index (κ2) is 6.22. The molecule has 1 aliphatic heterocycles. The van der Waals surface area contributed by atoms with Gasteiger partial charge in [0.1, 0.15) is 6.04 Å². The number of carbonyl (C=O) groups is 2. The summed E-state index contributed by atoms with van der Waals surface area (Å²) in [4.78, 5) is 27.1. The van der Waals surface area contributed by atoms with E-state index in [0.29, 0.717) is 11.7 Å². The summed E-state index contributed by atoms with van der Waals surface area (Å²) in [6.07, 6.45) is 0.180. The first-order valence-corrected chi connectivity index (χ1v) is 7.32. The predicted molar refractivity (Wildman–Crippen MR) is 85.7 cm³/mol. The predicted octanol–water partition coefficient (Wildman–Crippen LogP) is 1.52.